The van der Waals surface area contributed by atoms with Crippen LogP contribution in [0.5, 0.6) is 5.75 Å². The topological polar surface area (TPSA) is 38.8 Å². The number of carbonyl (C=O) groups excluding carboxylic acids is 1. The minimum Gasteiger partial charge on any atom is -0.487 e. The average Bonchev–Trinajstić information content (AvgIpc) is 2.55. The van der Waals surface area contributed by atoms with Crippen molar-refractivity contribution in [3.8, 4) is 5.75 Å². The van der Waals surface area contributed by atoms with Crippen LogP contribution in [-0.4, -0.2) is 19.7 Å². The van der Waals surface area contributed by atoms with Crippen LogP contribution in [0.1, 0.15) is 12.5 Å². The highest BCUT2D eigenvalue weighted by molar-refractivity contribution is 6.32. The molecule has 116 valence electrons. The molecule has 0 N–H and O–H groups in total. The van der Waals surface area contributed by atoms with Crippen LogP contribution < -0.4 is 9.64 Å². The van der Waals surface area contributed by atoms with Crippen molar-refractivity contribution in [3.05, 3.63) is 59.1 Å². The van der Waals surface area contributed by atoms with Gasteiger partial charge in [0.15, 0.2) is 0 Å². The highest BCUT2D eigenvalue weighted by Crippen LogP contribution is 2.27. The number of ether oxygens (including phenoxy) is 2. The number of amides is 1. The zero-order valence-corrected chi connectivity index (χ0v) is 13.3. The van der Waals surface area contributed by atoms with E-state index in [0.29, 0.717) is 23.9 Å². The van der Waals surface area contributed by atoms with Crippen molar-refractivity contribution in [1.82, 2.24) is 0 Å². The molecule has 0 saturated carbocycles. The summed E-state index contributed by atoms with van der Waals surface area (Å²) in [5.74, 6) is 0.611. The molecule has 0 aliphatic heterocycles. The summed E-state index contributed by atoms with van der Waals surface area (Å²) in [5.41, 5.74) is 1.65. The molecule has 0 bridgehead atoms. The lowest BCUT2D eigenvalue weighted by Crippen LogP contribution is -2.31. The third-order valence-electron chi connectivity index (χ3n) is 3.21. The summed E-state index contributed by atoms with van der Waals surface area (Å²) in [6.45, 7) is 2.71. The second-order valence-corrected chi connectivity index (χ2v) is 4.97. The average molecular weight is 320 g/mol. The highest BCUT2D eigenvalue weighted by atomic mass is 35.5. The molecule has 0 aromatic heterocycles. The standard InChI is InChI=1S/C17H18ClNO3/c1-3-19(17(20)21-2)15-10-6-4-8-13(15)12-22-16-11-7-5-9-14(16)18/h4-11H,3,12H2,1-2H3. The van der Waals surface area contributed by atoms with Gasteiger partial charge in [0, 0.05) is 12.1 Å². The van der Waals surface area contributed by atoms with Crippen LogP contribution in [0.2, 0.25) is 5.02 Å². The quantitative estimate of drug-likeness (QED) is 0.813. The summed E-state index contributed by atoms with van der Waals surface area (Å²) < 4.78 is 10.6. The van der Waals surface area contributed by atoms with E-state index in [9.17, 15) is 4.79 Å². The third kappa shape index (κ3) is 3.71. The maximum absolute atomic E-state index is 11.9. The van der Waals surface area contributed by atoms with E-state index in [0.717, 1.165) is 11.3 Å². The second kappa shape index (κ2) is 7.71. The first-order chi connectivity index (χ1) is 10.7. The van der Waals surface area contributed by atoms with E-state index in [1.54, 1.807) is 11.0 Å². The second-order valence-electron chi connectivity index (χ2n) is 4.56. The van der Waals surface area contributed by atoms with Crippen LogP contribution in [0.15, 0.2) is 48.5 Å². The number of benzene rings is 2. The Morgan fingerprint density at radius 1 is 1.14 bits per heavy atom. The summed E-state index contributed by atoms with van der Waals surface area (Å²) in [7, 11) is 1.37. The number of halogens is 1. The Hall–Kier alpha value is -2.20. The van der Waals surface area contributed by atoms with Crippen molar-refractivity contribution < 1.29 is 14.3 Å². The molecule has 0 unspecified atom stereocenters. The van der Waals surface area contributed by atoms with Crippen molar-refractivity contribution in [2.45, 2.75) is 13.5 Å². The molecule has 0 aliphatic carbocycles. The predicted octanol–water partition coefficient (Wildman–Crippen LogP) is 4.51. The van der Waals surface area contributed by atoms with Crippen molar-refractivity contribution in [2.75, 3.05) is 18.6 Å². The van der Waals surface area contributed by atoms with E-state index < -0.39 is 6.09 Å². The number of anilines is 1. The predicted molar refractivity (Wildman–Crippen MR) is 87.7 cm³/mol. The van der Waals surface area contributed by atoms with E-state index in [2.05, 4.69) is 0 Å². The molecular weight excluding hydrogens is 302 g/mol. The van der Waals surface area contributed by atoms with Gasteiger partial charge in [-0.2, -0.15) is 0 Å². The fourth-order valence-electron chi connectivity index (χ4n) is 2.12. The SMILES string of the molecule is CCN(C(=O)OC)c1ccccc1COc1ccccc1Cl. The fourth-order valence-corrected chi connectivity index (χ4v) is 2.31. The van der Waals surface area contributed by atoms with E-state index in [1.807, 2.05) is 49.4 Å². The molecule has 5 heteroatoms. The lowest BCUT2D eigenvalue weighted by Gasteiger charge is -2.22. The van der Waals surface area contributed by atoms with Crippen LogP contribution in [0.25, 0.3) is 0 Å². The number of methoxy groups -OCH3 is 1. The molecular formula is C17H18ClNO3. The molecule has 2 aromatic carbocycles. The Kier molecular flexibility index (Phi) is 5.67. The smallest absolute Gasteiger partial charge is 0.413 e. The lowest BCUT2D eigenvalue weighted by molar-refractivity contribution is 0.179. The molecule has 0 aliphatic rings. The summed E-state index contributed by atoms with van der Waals surface area (Å²) in [4.78, 5) is 13.4. The van der Waals surface area contributed by atoms with Gasteiger partial charge in [-0.25, -0.2) is 4.79 Å². The maximum Gasteiger partial charge on any atom is 0.413 e. The molecule has 0 fully saturated rings. The van der Waals surface area contributed by atoms with Gasteiger partial charge in [0.25, 0.3) is 0 Å². The van der Waals surface area contributed by atoms with Gasteiger partial charge in [-0.1, -0.05) is 41.9 Å². The third-order valence-corrected chi connectivity index (χ3v) is 3.53. The number of carbonyl (C=O) groups is 1. The van der Waals surface area contributed by atoms with Gasteiger partial charge >= 0.3 is 6.09 Å². The Labute approximate surface area is 135 Å². The summed E-state index contributed by atoms with van der Waals surface area (Å²) >= 11 is 6.08. The molecule has 2 rings (SSSR count). The van der Waals surface area contributed by atoms with Gasteiger partial charge in [-0.05, 0) is 25.1 Å². The van der Waals surface area contributed by atoms with Crippen LogP contribution in [-0.2, 0) is 11.3 Å². The first-order valence-electron chi connectivity index (χ1n) is 6.98. The minimum atomic E-state index is -0.396. The lowest BCUT2D eigenvalue weighted by atomic mass is 10.1. The summed E-state index contributed by atoms with van der Waals surface area (Å²) in [5, 5.41) is 0.556. The number of hydrogen-bond acceptors (Lipinski definition) is 3. The van der Waals surface area contributed by atoms with Crippen molar-refractivity contribution in [3.63, 3.8) is 0 Å². The Balaban J connectivity index is 2.21. The number of rotatable bonds is 5. The van der Waals surface area contributed by atoms with Gasteiger partial charge in [0.2, 0.25) is 0 Å². The van der Waals surface area contributed by atoms with Crippen LogP contribution >= 0.6 is 11.6 Å². The molecule has 1 amide bonds. The monoisotopic (exact) mass is 319 g/mol. The zero-order valence-electron chi connectivity index (χ0n) is 12.6. The molecule has 0 heterocycles. The van der Waals surface area contributed by atoms with Gasteiger partial charge in [0.05, 0.1) is 17.8 Å². The molecule has 0 saturated heterocycles. The Morgan fingerprint density at radius 3 is 2.50 bits per heavy atom. The van der Waals surface area contributed by atoms with Crippen molar-refractivity contribution in [2.24, 2.45) is 0 Å². The molecule has 0 radical (unpaired) electrons. The molecule has 0 spiro atoms. The fraction of sp³-hybridized carbons (Fsp3) is 0.235. The maximum atomic E-state index is 11.9. The van der Waals surface area contributed by atoms with Crippen LogP contribution in [0.4, 0.5) is 10.5 Å². The van der Waals surface area contributed by atoms with Crippen molar-refractivity contribution >= 4 is 23.4 Å². The largest absolute Gasteiger partial charge is 0.487 e. The van der Waals surface area contributed by atoms with Crippen LogP contribution in [0, 0.1) is 0 Å². The van der Waals surface area contributed by atoms with Gasteiger partial charge in [-0.3, -0.25) is 4.90 Å². The van der Waals surface area contributed by atoms with Crippen LogP contribution in [0.3, 0.4) is 0 Å². The van der Waals surface area contributed by atoms with E-state index in [-0.39, 0.29) is 0 Å². The molecule has 4 nitrogen and oxygen atoms in total. The zero-order chi connectivity index (χ0) is 15.9. The molecule has 22 heavy (non-hydrogen) atoms. The Bertz CT molecular complexity index is 645. The minimum absolute atomic E-state index is 0.313. The van der Waals surface area contributed by atoms with E-state index >= 15 is 0 Å². The Morgan fingerprint density at radius 2 is 1.82 bits per heavy atom. The first kappa shape index (κ1) is 16.2. The van der Waals surface area contributed by atoms with Gasteiger partial charge < -0.3 is 9.47 Å². The summed E-state index contributed by atoms with van der Waals surface area (Å²) in [6.07, 6.45) is -0.396. The first-order valence-corrected chi connectivity index (χ1v) is 7.36. The number of para-hydroxylation sites is 2. The van der Waals surface area contributed by atoms with Gasteiger partial charge in [-0.15, -0.1) is 0 Å². The van der Waals surface area contributed by atoms with E-state index in [4.69, 9.17) is 21.1 Å². The molecule has 0 atom stereocenters. The summed E-state index contributed by atoms with van der Waals surface area (Å²) in [6, 6.07) is 14.8. The number of nitrogens with zero attached hydrogens (tertiary/aromatic N) is 1. The normalized spacial score (nSPS) is 10.1. The van der Waals surface area contributed by atoms with Crippen molar-refractivity contribution in [1.29, 1.82) is 0 Å². The van der Waals surface area contributed by atoms with Gasteiger partial charge in [0.1, 0.15) is 12.4 Å². The number of hydrogen-bond donors (Lipinski definition) is 0. The molecule has 2 aromatic rings. The highest BCUT2D eigenvalue weighted by Gasteiger charge is 2.17. The van der Waals surface area contributed by atoms with E-state index in [1.165, 1.54) is 7.11 Å².